The lowest BCUT2D eigenvalue weighted by Gasteiger charge is -2.33. The van der Waals surface area contributed by atoms with Crippen molar-refractivity contribution < 1.29 is 9.59 Å². The van der Waals surface area contributed by atoms with Gasteiger partial charge < -0.3 is 10.2 Å². The minimum atomic E-state index is -0.679. The van der Waals surface area contributed by atoms with E-state index in [1.807, 2.05) is 54.6 Å². The molecule has 1 unspecified atom stereocenters. The fourth-order valence-corrected chi connectivity index (χ4v) is 5.63. The number of halogens is 3. The van der Waals surface area contributed by atoms with Crippen LogP contribution in [0, 0.1) is 0 Å². The predicted octanol–water partition coefficient (Wildman–Crippen LogP) is 7.39. The van der Waals surface area contributed by atoms with Gasteiger partial charge in [-0.25, -0.2) is 0 Å². The smallest absolute Gasteiger partial charge is 0.243 e. The lowest BCUT2D eigenvalue weighted by atomic mass is 9.94. The molecule has 7 heteroatoms. The summed E-state index contributed by atoms with van der Waals surface area (Å²) in [6.45, 7) is 0.295. The maximum atomic E-state index is 13.9. The number of nitrogens with zero attached hydrogens (tertiary/aromatic N) is 1. The molecule has 4 rings (SSSR count). The second-order valence-electron chi connectivity index (χ2n) is 9.57. The summed E-state index contributed by atoms with van der Waals surface area (Å²) in [5.74, 6) is -0.316. The number of hydrogen-bond acceptors (Lipinski definition) is 2. The molecular formula is C30H31BrCl2N2O2. The van der Waals surface area contributed by atoms with E-state index in [-0.39, 0.29) is 24.3 Å². The summed E-state index contributed by atoms with van der Waals surface area (Å²) in [6.07, 6.45) is 5.79. The van der Waals surface area contributed by atoms with E-state index in [1.165, 1.54) is 6.42 Å². The topological polar surface area (TPSA) is 49.4 Å². The first kappa shape index (κ1) is 27.7. The average Bonchev–Trinajstić information content (AvgIpc) is 2.90. The van der Waals surface area contributed by atoms with Crippen LogP contribution < -0.4 is 5.32 Å². The Hall–Kier alpha value is -2.34. The maximum Gasteiger partial charge on any atom is 0.243 e. The van der Waals surface area contributed by atoms with Gasteiger partial charge in [-0.15, -0.1) is 0 Å². The number of carbonyl (C=O) groups is 2. The molecule has 1 N–H and O–H groups in total. The second kappa shape index (κ2) is 13.5. The van der Waals surface area contributed by atoms with Crippen molar-refractivity contribution in [2.75, 3.05) is 0 Å². The van der Waals surface area contributed by atoms with Gasteiger partial charge in [0.2, 0.25) is 11.8 Å². The monoisotopic (exact) mass is 600 g/mol. The molecule has 3 aromatic carbocycles. The van der Waals surface area contributed by atoms with Gasteiger partial charge in [-0.2, -0.15) is 0 Å². The zero-order valence-corrected chi connectivity index (χ0v) is 23.7. The molecule has 0 saturated heterocycles. The normalized spacial score (nSPS) is 14.7. The first-order chi connectivity index (χ1) is 17.9. The van der Waals surface area contributed by atoms with Gasteiger partial charge in [0, 0.05) is 33.5 Å². The molecule has 3 aromatic rings. The number of benzene rings is 3. The average molecular weight is 602 g/mol. The maximum absolute atomic E-state index is 13.9. The lowest BCUT2D eigenvalue weighted by molar-refractivity contribution is -0.141. The molecule has 194 valence electrons. The molecule has 0 bridgehead atoms. The van der Waals surface area contributed by atoms with E-state index in [4.69, 9.17) is 23.2 Å². The zero-order chi connectivity index (χ0) is 26.2. The third-order valence-corrected chi connectivity index (χ3v) is 8.12. The molecule has 1 aliphatic rings. The predicted molar refractivity (Wildman–Crippen MR) is 154 cm³/mol. The molecule has 1 aliphatic carbocycles. The zero-order valence-electron chi connectivity index (χ0n) is 20.6. The molecule has 1 fully saturated rings. The van der Waals surface area contributed by atoms with Crippen molar-refractivity contribution in [3.8, 4) is 0 Å². The Balaban J connectivity index is 1.68. The summed E-state index contributed by atoms with van der Waals surface area (Å²) in [5, 5.41) is 4.14. The molecule has 1 atom stereocenters. The lowest BCUT2D eigenvalue weighted by Crippen LogP contribution is -2.53. The van der Waals surface area contributed by atoms with Gasteiger partial charge >= 0.3 is 0 Å². The molecule has 2 amide bonds. The van der Waals surface area contributed by atoms with Gasteiger partial charge in [0.15, 0.2) is 0 Å². The highest BCUT2D eigenvalue weighted by molar-refractivity contribution is 9.10. The number of rotatable bonds is 9. The van der Waals surface area contributed by atoms with Gasteiger partial charge in [-0.05, 0) is 53.8 Å². The van der Waals surface area contributed by atoms with Crippen LogP contribution in [-0.2, 0) is 29.0 Å². The minimum Gasteiger partial charge on any atom is -0.352 e. The fourth-order valence-electron chi connectivity index (χ4n) is 4.84. The molecular weight excluding hydrogens is 571 g/mol. The Kier molecular flexibility index (Phi) is 10.1. The number of amides is 2. The summed E-state index contributed by atoms with van der Waals surface area (Å²) in [4.78, 5) is 29.5. The highest BCUT2D eigenvalue weighted by atomic mass is 79.9. The van der Waals surface area contributed by atoms with E-state index in [0.29, 0.717) is 28.6 Å². The van der Waals surface area contributed by atoms with Gasteiger partial charge in [-0.3, -0.25) is 9.59 Å². The Morgan fingerprint density at radius 3 is 2.16 bits per heavy atom. The molecule has 0 aromatic heterocycles. The molecule has 37 heavy (non-hydrogen) atoms. The number of carbonyl (C=O) groups excluding carboxylic acids is 2. The van der Waals surface area contributed by atoms with Crippen LogP contribution in [0.5, 0.6) is 0 Å². The van der Waals surface area contributed by atoms with E-state index < -0.39 is 6.04 Å². The van der Waals surface area contributed by atoms with Crippen LogP contribution >= 0.6 is 39.1 Å². The van der Waals surface area contributed by atoms with E-state index in [2.05, 4.69) is 21.2 Å². The van der Waals surface area contributed by atoms with Gasteiger partial charge in [0.05, 0.1) is 6.42 Å². The van der Waals surface area contributed by atoms with Crippen molar-refractivity contribution in [3.05, 3.63) is 104 Å². The summed E-state index contributed by atoms with van der Waals surface area (Å²) in [7, 11) is 0. The van der Waals surface area contributed by atoms with Crippen LogP contribution in [-0.4, -0.2) is 28.8 Å². The second-order valence-corrected chi connectivity index (χ2v) is 11.3. The molecule has 0 heterocycles. The van der Waals surface area contributed by atoms with Crippen LogP contribution in [0.15, 0.2) is 77.3 Å². The third-order valence-electron chi connectivity index (χ3n) is 6.88. The van der Waals surface area contributed by atoms with Gasteiger partial charge in [0.1, 0.15) is 6.04 Å². The molecule has 4 nitrogen and oxygen atoms in total. The highest BCUT2D eigenvalue weighted by Crippen LogP contribution is 2.27. The fraction of sp³-hybridized carbons (Fsp3) is 0.333. The van der Waals surface area contributed by atoms with Crippen molar-refractivity contribution in [3.63, 3.8) is 0 Å². The van der Waals surface area contributed by atoms with Crippen LogP contribution in [0.25, 0.3) is 0 Å². The Bertz CT molecular complexity index is 1180. The van der Waals surface area contributed by atoms with Crippen molar-refractivity contribution in [2.24, 2.45) is 0 Å². The van der Waals surface area contributed by atoms with Crippen LogP contribution in [0.2, 0.25) is 10.0 Å². The van der Waals surface area contributed by atoms with Crippen LogP contribution in [0.3, 0.4) is 0 Å². The van der Waals surface area contributed by atoms with Crippen molar-refractivity contribution in [2.45, 2.75) is 63.6 Å². The summed E-state index contributed by atoms with van der Waals surface area (Å²) < 4.78 is 0.952. The minimum absolute atomic E-state index is 0.0109. The van der Waals surface area contributed by atoms with Gasteiger partial charge in [-0.1, -0.05) is 107 Å². The van der Waals surface area contributed by atoms with Crippen LogP contribution in [0.1, 0.15) is 48.8 Å². The van der Waals surface area contributed by atoms with E-state index in [1.54, 1.807) is 23.1 Å². The summed E-state index contributed by atoms with van der Waals surface area (Å²) >= 11 is 16.3. The first-order valence-corrected chi connectivity index (χ1v) is 14.3. The Morgan fingerprint density at radius 2 is 1.51 bits per heavy atom. The highest BCUT2D eigenvalue weighted by Gasteiger charge is 2.32. The molecule has 0 spiro atoms. The molecule has 0 aliphatic heterocycles. The van der Waals surface area contributed by atoms with Crippen molar-refractivity contribution >= 4 is 50.9 Å². The van der Waals surface area contributed by atoms with Crippen LogP contribution in [0.4, 0.5) is 0 Å². The van der Waals surface area contributed by atoms with Crippen molar-refractivity contribution in [1.82, 2.24) is 10.2 Å². The largest absolute Gasteiger partial charge is 0.352 e. The number of nitrogens with one attached hydrogen (secondary N) is 1. The summed E-state index contributed by atoms with van der Waals surface area (Å²) in [6, 6.07) is 22.3. The van der Waals surface area contributed by atoms with E-state index in [0.717, 1.165) is 41.3 Å². The standard InChI is InChI=1S/C30H31BrCl2N2O2/c31-23-16-14-22(15-17-23)20-35(29(36)19-25-26(32)12-7-13-27(25)33)28(18-21-8-3-1-4-9-21)30(37)34-24-10-5-2-6-11-24/h1,3-4,7-9,12-17,24,28H,2,5-6,10-11,18-20H2,(H,34,37). The Morgan fingerprint density at radius 1 is 0.865 bits per heavy atom. The molecule has 1 saturated carbocycles. The third kappa shape index (κ3) is 7.83. The van der Waals surface area contributed by atoms with E-state index in [9.17, 15) is 9.59 Å². The molecule has 0 radical (unpaired) electrons. The number of hydrogen-bond donors (Lipinski definition) is 1. The SMILES string of the molecule is O=C(NC1CCCCC1)C(Cc1ccccc1)N(Cc1ccc(Br)cc1)C(=O)Cc1c(Cl)cccc1Cl. The first-order valence-electron chi connectivity index (χ1n) is 12.7. The Labute approximate surface area is 237 Å². The quantitative estimate of drug-likeness (QED) is 0.278. The van der Waals surface area contributed by atoms with Gasteiger partial charge in [0.25, 0.3) is 0 Å². The summed E-state index contributed by atoms with van der Waals surface area (Å²) in [5.41, 5.74) is 2.50. The van der Waals surface area contributed by atoms with E-state index >= 15 is 0 Å². The van der Waals surface area contributed by atoms with Crippen molar-refractivity contribution in [1.29, 1.82) is 0 Å².